The van der Waals surface area contributed by atoms with Gasteiger partial charge in [0.1, 0.15) is 5.82 Å². The molecule has 1 fully saturated rings. The van der Waals surface area contributed by atoms with Crippen LogP contribution in [-0.4, -0.2) is 50.1 Å². The standard InChI is InChI=1S/C14H20FN3O.ClH/c1-11-2-3-12(15)10-13(11)14(19)17-6-9-18-7-4-16-5-8-18;/h2-3,10,16H,4-9H2,1H3,(H,17,19);1H. The Labute approximate surface area is 125 Å². The van der Waals surface area contributed by atoms with E-state index >= 15 is 0 Å². The maximum atomic E-state index is 13.1. The maximum absolute atomic E-state index is 13.1. The van der Waals surface area contributed by atoms with E-state index in [0.717, 1.165) is 38.3 Å². The molecule has 1 heterocycles. The highest BCUT2D eigenvalue weighted by atomic mass is 35.5. The van der Waals surface area contributed by atoms with Crippen LogP contribution in [0.5, 0.6) is 0 Å². The van der Waals surface area contributed by atoms with Crippen LogP contribution in [0.4, 0.5) is 4.39 Å². The predicted molar refractivity (Wildman–Crippen MR) is 80.0 cm³/mol. The van der Waals surface area contributed by atoms with Crippen molar-refractivity contribution >= 4 is 18.3 Å². The fourth-order valence-electron chi connectivity index (χ4n) is 2.20. The molecule has 0 unspecified atom stereocenters. The Balaban J connectivity index is 0.00000200. The first-order valence-electron chi connectivity index (χ1n) is 6.64. The summed E-state index contributed by atoms with van der Waals surface area (Å²) in [5, 5.41) is 6.13. The molecule has 0 aliphatic carbocycles. The summed E-state index contributed by atoms with van der Waals surface area (Å²) < 4.78 is 13.1. The van der Waals surface area contributed by atoms with Crippen LogP contribution in [0.15, 0.2) is 18.2 Å². The number of aryl methyl sites for hydroxylation is 1. The van der Waals surface area contributed by atoms with Crippen LogP contribution in [0.1, 0.15) is 15.9 Å². The lowest BCUT2D eigenvalue weighted by Crippen LogP contribution is -2.46. The molecule has 0 saturated carbocycles. The molecule has 0 radical (unpaired) electrons. The van der Waals surface area contributed by atoms with Gasteiger partial charge in [-0.25, -0.2) is 4.39 Å². The number of nitrogens with zero attached hydrogens (tertiary/aromatic N) is 1. The molecule has 2 N–H and O–H groups in total. The van der Waals surface area contributed by atoms with Crippen molar-refractivity contribution in [2.75, 3.05) is 39.3 Å². The van der Waals surface area contributed by atoms with Gasteiger partial charge in [-0.2, -0.15) is 0 Å². The number of carbonyl (C=O) groups excluding carboxylic acids is 1. The molecule has 4 nitrogen and oxygen atoms in total. The Morgan fingerprint density at radius 2 is 2.10 bits per heavy atom. The molecule has 1 aromatic carbocycles. The summed E-state index contributed by atoms with van der Waals surface area (Å²) in [4.78, 5) is 14.3. The number of halogens is 2. The highest BCUT2D eigenvalue weighted by Crippen LogP contribution is 2.09. The van der Waals surface area contributed by atoms with Crippen molar-refractivity contribution in [1.82, 2.24) is 15.5 Å². The second-order valence-electron chi connectivity index (χ2n) is 4.81. The van der Waals surface area contributed by atoms with Gasteiger partial charge in [0.15, 0.2) is 0 Å². The molecule has 0 atom stereocenters. The summed E-state index contributed by atoms with van der Waals surface area (Å²) in [7, 11) is 0. The Bertz CT molecular complexity index is 450. The van der Waals surface area contributed by atoms with Gasteiger partial charge in [0.25, 0.3) is 5.91 Å². The number of hydrogen-bond donors (Lipinski definition) is 2. The van der Waals surface area contributed by atoms with E-state index in [1.165, 1.54) is 12.1 Å². The lowest BCUT2D eigenvalue weighted by molar-refractivity contribution is 0.0946. The number of piperazine rings is 1. The monoisotopic (exact) mass is 301 g/mol. The van der Waals surface area contributed by atoms with Crippen molar-refractivity contribution in [2.45, 2.75) is 6.92 Å². The van der Waals surface area contributed by atoms with Gasteiger partial charge in [-0.1, -0.05) is 6.07 Å². The van der Waals surface area contributed by atoms with Crippen molar-refractivity contribution < 1.29 is 9.18 Å². The van der Waals surface area contributed by atoms with E-state index in [9.17, 15) is 9.18 Å². The van der Waals surface area contributed by atoms with Crippen LogP contribution in [0.2, 0.25) is 0 Å². The summed E-state index contributed by atoms with van der Waals surface area (Å²) >= 11 is 0. The number of rotatable bonds is 4. The van der Waals surface area contributed by atoms with E-state index in [1.54, 1.807) is 6.07 Å². The third kappa shape index (κ3) is 4.74. The van der Waals surface area contributed by atoms with Gasteiger partial charge in [0.05, 0.1) is 0 Å². The van der Waals surface area contributed by atoms with Gasteiger partial charge in [-0.05, 0) is 24.6 Å². The Kier molecular flexibility index (Phi) is 6.91. The normalized spacial score (nSPS) is 15.5. The molecular weight excluding hydrogens is 281 g/mol. The average Bonchev–Trinajstić information content (AvgIpc) is 2.42. The SMILES string of the molecule is Cc1ccc(F)cc1C(=O)NCCN1CCNCC1.Cl. The van der Waals surface area contributed by atoms with E-state index in [4.69, 9.17) is 0 Å². The van der Waals surface area contributed by atoms with Gasteiger partial charge in [-0.15, -0.1) is 12.4 Å². The van der Waals surface area contributed by atoms with E-state index < -0.39 is 0 Å². The average molecular weight is 302 g/mol. The highest BCUT2D eigenvalue weighted by molar-refractivity contribution is 5.95. The van der Waals surface area contributed by atoms with Crippen molar-refractivity contribution in [2.24, 2.45) is 0 Å². The molecule has 1 amide bonds. The topological polar surface area (TPSA) is 44.4 Å². The number of nitrogens with one attached hydrogen (secondary N) is 2. The van der Waals surface area contributed by atoms with Gasteiger partial charge < -0.3 is 10.6 Å². The largest absolute Gasteiger partial charge is 0.351 e. The van der Waals surface area contributed by atoms with E-state index in [2.05, 4.69) is 15.5 Å². The van der Waals surface area contributed by atoms with Crippen molar-refractivity contribution in [3.63, 3.8) is 0 Å². The molecule has 0 spiro atoms. The predicted octanol–water partition coefficient (Wildman–Crippen LogP) is 1.19. The van der Waals surface area contributed by atoms with Crippen molar-refractivity contribution in [3.05, 3.63) is 35.1 Å². The molecule has 112 valence electrons. The fraction of sp³-hybridized carbons (Fsp3) is 0.500. The Morgan fingerprint density at radius 1 is 1.40 bits per heavy atom. The summed E-state index contributed by atoms with van der Waals surface area (Å²) in [6.45, 7) is 7.25. The van der Waals surface area contributed by atoms with E-state index in [1.807, 2.05) is 6.92 Å². The van der Waals surface area contributed by atoms with E-state index in [-0.39, 0.29) is 24.1 Å². The minimum Gasteiger partial charge on any atom is -0.351 e. The summed E-state index contributed by atoms with van der Waals surface area (Å²) in [6, 6.07) is 4.28. The summed E-state index contributed by atoms with van der Waals surface area (Å²) in [6.07, 6.45) is 0. The van der Waals surface area contributed by atoms with Crippen LogP contribution in [0, 0.1) is 12.7 Å². The summed E-state index contributed by atoms with van der Waals surface area (Å²) in [5.74, 6) is -0.579. The van der Waals surface area contributed by atoms with Crippen molar-refractivity contribution in [3.8, 4) is 0 Å². The highest BCUT2D eigenvalue weighted by Gasteiger charge is 2.12. The lowest BCUT2D eigenvalue weighted by Gasteiger charge is -2.27. The first-order valence-corrected chi connectivity index (χ1v) is 6.64. The minimum absolute atomic E-state index is 0. The third-order valence-electron chi connectivity index (χ3n) is 3.37. The number of carbonyl (C=O) groups is 1. The second-order valence-corrected chi connectivity index (χ2v) is 4.81. The second kappa shape index (κ2) is 8.19. The Morgan fingerprint density at radius 3 is 2.80 bits per heavy atom. The third-order valence-corrected chi connectivity index (χ3v) is 3.37. The molecule has 1 saturated heterocycles. The zero-order chi connectivity index (χ0) is 13.7. The molecule has 20 heavy (non-hydrogen) atoms. The van der Waals surface area contributed by atoms with Crippen LogP contribution >= 0.6 is 12.4 Å². The van der Waals surface area contributed by atoms with Crippen LogP contribution in [0.25, 0.3) is 0 Å². The molecular formula is C14H21ClFN3O. The molecule has 2 rings (SSSR count). The fourth-order valence-corrected chi connectivity index (χ4v) is 2.20. The number of hydrogen-bond acceptors (Lipinski definition) is 3. The molecule has 0 bridgehead atoms. The summed E-state index contributed by atoms with van der Waals surface area (Å²) in [5.41, 5.74) is 1.21. The maximum Gasteiger partial charge on any atom is 0.251 e. The van der Waals surface area contributed by atoms with E-state index in [0.29, 0.717) is 12.1 Å². The van der Waals surface area contributed by atoms with Crippen LogP contribution in [0.3, 0.4) is 0 Å². The number of amides is 1. The minimum atomic E-state index is -0.377. The number of benzene rings is 1. The molecule has 6 heteroatoms. The van der Waals surface area contributed by atoms with Gasteiger partial charge >= 0.3 is 0 Å². The molecule has 1 aliphatic heterocycles. The quantitative estimate of drug-likeness (QED) is 0.878. The van der Waals surface area contributed by atoms with Crippen molar-refractivity contribution in [1.29, 1.82) is 0 Å². The zero-order valence-corrected chi connectivity index (χ0v) is 12.4. The lowest BCUT2D eigenvalue weighted by atomic mass is 10.1. The van der Waals surface area contributed by atoms with Gasteiger partial charge in [-0.3, -0.25) is 9.69 Å². The molecule has 1 aliphatic rings. The molecule has 0 aromatic heterocycles. The zero-order valence-electron chi connectivity index (χ0n) is 11.6. The van der Waals surface area contributed by atoms with Crippen LogP contribution < -0.4 is 10.6 Å². The first kappa shape index (κ1) is 16.9. The Hall–Kier alpha value is -1.17. The first-order chi connectivity index (χ1) is 9.16. The van der Waals surface area contributed by atoms with Gasteiger partial charge in [0.2, 0.25) is 0 Å². The molecule has 1 aromatic rings. The smallest absolute Gasteiger partial charge is 0.251 e. The van der Waals surface area contributed by atoms with Gasteiger partial charge in [0, 0.05) is 44.8 Å². The van der Waals surface area contributed by atoms with Crippen LogP contribution in [-0.2, 0) is 0 Å².